The fourth-order valence-electron chi connectivity index (χ4n) is 6.37. The first-order valence-corrected chi connectivity index (χ1v) is 14.2. The van der Waals surface area contributed by atoms with Crippen molar-refractivity contribution in [2.24, 2.45) is 0 Å². The van der Waals surface area contributed by atoms with E-state index in [1.165, 1.54) is 11.1 Å². The molecule has 2 amide bonds. The molecule has 212 valence electrons. The minimum absolute atomic E-state index is 0.0843. The van der Waals surface area contributed by atoms with E-state index >= 15 is 0 Å². The Kier molecular flexibility index (Phi) is 7.45. The molecule has 1 N–H and O–H groups in total. The molecule has 0 radical (unpaired) electrons. The minimum atomic E-state index is -0.688. The number of piperidine rings is 1. The van der Waals surface area contributed by atoms with Crippen molar-refractivity contribution in [1.82, 2.24) is 20.1 Å². The van der Waals surface area contributed by atoms with E-state index in [1.807, 2.05) is 36.4 Å². The van der Waals surface area contributed by atoms with Crippen LogP contribution in [0, 0.1) is 0 Å². The Morgan fingerprint density at radius 3 is 2.78 bits per heavy atom. The molecule has 41 heavy (non-hydrogen) atoms. The third-order valence-corrected chi connectivity index (χ3v) is 8.61. The smallest absolute Gasteiger partial charge is 0.255 e. The average molecular weight is 555 g/mol. The standard InChI is InChI=1S/C32H34N4O5/c1-33-30(38)27(8-5-17-37)36-20-25-24(31(36)39)10-11-26-29(25)40-21-32(26)12-15-35(16-13-32)19-22-6-4-7-23(18-22)41-28-9-2-3-14-34-28/h2-4,6-7,9-11,14,17-18,27H,5,8,12-13,15-16,19-21H2,1H3,(H,33,38). The highest BCUT2D eigenvalue weighted by atomic mass is 16.5. The molecule has 3 aliphatic rings. The normalized spacial score (nSPS) is 18.0. The molecule has 1 atom stereocenters. The molecule has 0 saturated carbocycles. The maximum atomic E-state index is 13.3. The molecule has 0 aliphatic carbocycles. The molecule has 1 saturated heterocycles. The van der Waals surface area contributed by atoms with Crippen molar-refractivity contribution in [3.05, 3.63) is 83.0 Å². The van der Waals surface area contributed by atoms with Crippen molar-refractivity contribution >= 4 is 18.1 Å². The molecule has 1 fully saturated rings. The van der Waals surface area contributed by atoms with E-state index in [1.54, 1.807) is 18.1 Å². The summed E-state index contributed by atoms with van der Waals surface area (Å²) in [6.07, 6.45) is 4.93. The SMILES string of the molecule is CNC(=O)C(CCC=O)N1Cc2c(ccc3c2OCC32CCN(Cc3cccc(Oc4ccccn4)c3)CC2)C1=O. The van der Waals surface area contributed by atoms with Gasteiger partial charge in [0, 0.05) is 54.4 Å². The number of hydrogen-bond donors (Lipinski definition) is 1. The Balaban J connectivity index is 1.13. The highest BCUT2D eigenvalue weighted by molar-refractivity contribution is 6.02. The van der Waals surface area contributed by atoms with E-state index < -0.39 is 6.04 Å². The number of ether oxygens (including phenoxy) is 2. The third-order valence-electron chi connectivity index (χ3n) is 8.61. The fraction of sp³-hybridized carbons (Fsp3) is 0.375. The van der Waals surface area contributed by atoms with E-state index in [2.05, 4.69) is 33.4 Å². The predicted octanol–water partition coefficient (Wildman–Crippen LogP) is 3.85. The van der Waals surface area contributed by atoms with Crippen LogP contribution in [0.25, 0.3) is 0 Å². The largest absolute Gasteiger partial charge is 0.492 e. The molecule has 4 heterocycles. The lowest BCUT2D eigenvalue weighted by molar-refractivity contribution is -0.125. The molecule has 1 spiro atoms. The van der Waals surface area contributed by atoms with Gasteiger partial charge in [-0.3, -0.25) is 14.5 Å². The summed E-state index contributed by atoms with van der Waals surface area (Å²) in [4.78, 5) is 45.2. The van der Waals surface area contributed by atoms with Gasteiger partial charge >= 0.3 is 0 Å². The lowest BCUT2D eigenvalue weighted by Crippen LogP contribution is -2.46. The van der Waals surface area contributed by atoms with Gasteiger partial charge in [-0.05, 0) is 62.2 Å². The van der Waals surface area contributed by atoms with Gasteiger partial charge in [-0.1, -0.05) is 24.3 Å². The van der Waals surface area contributed by atoms with Crippen LogP contribution in [0.2, 0.25) is 0 Å². The number of likely N-dealkylation sites (tertiary alicyclic amines) is 1. The lowest BCUT2D eigenvalue weighted by Gasteiger charge is -2.38. The number of fused-ring (bicyclic) bond motifs is 4. The molecule has 9 heteroatoms. The van der Waals surface area contributed by atoms with E-state index in [9.17, 15) is 14.4 Å². The van der Waals surface area contributed by atoms with Crippen molar-refractivity contribution in [1.29, 1.82) is 0 Å². The maximum Gasteiger partial charge on any atom is 0.255 e. The summed E-state index contributed by atoms with van der Waals surface area (Å²) in [5.41, 5.74) is 3.72. The Labute approximate surface area is 239 Å². The number of carbonyl (C=O) groups is 3. The number of rotatable bonds is 9. The summed E-state index contributed by atoms with van der Waals surface area (Å²) in [6, 6.07) is 17.0. The van der Waals surface area contributed by atoms with Crippen molar-refractivity contribution in [3.63, 3.8) is 0 Å². The molecule has 0 bridgehead atoms. The zero-order valence-corrected chi connectivity index (χ0v) is 23.2. The van der Waals surface area contributed by atoms with E-state index in [-0.39, 0.29) is 23.7 Å². The third kappa shape index (κ3) is 5.17. The first-order valence-electron chi connectivity index (χ1n) is 14.2. The number of benzene rings is 2. The van der Waals surface area contributed by atoms with Crippen LogP contribution in [0.15, 0.2) is 60.8 Å². The first-order chi connectivity index (χ1) is 20.0. The van der Waals surface area contributed by atoms with Gasteiger partial charge in [-0.15, -0.1) is 0 Å². The van der Waals surface area contributed by atoms with Crippen molar-refractivity contribution in [2.75, 3.05) is 26.7 Å². The van der Waals surface area contributed by atoms with Gasteiger partial charge in [-0.2, -0.15) is 0 Å². The van der Waals surface area contributed by atoms with Crippen LogP contribution in [0.3, 0.4) is 0 Å². The fourth-order valence-corrected chi connectivity index (χ4v) is 6.37. The highest BCUT2D eigenvalue weighted by Gasteiger charge is 2.47. The number of aromatic nitrogens is 1. The minimum Gasteiger partial charge on any atom is -0.492 e. The van der Waals surface area contributed by atoms with Gasteiger partial charge in [0.2, 0.25) is 11.8 Å². The molecule has 9 nitrogen and oxygen atoms in total. The average Bonchev–Trinajstić information content (AvgIpc) is 3.53. The van der Waals surface area contributed by atoms with Crippen LogP contribution in [-0.2, 0) is 28.1 Å². The molecule has 2 aromatic carbocycles. The number of amides is 2. The van der Waals surface area contributed by atoms with Crippen LogP contribution < -0.4 is 14.8 Å². The second-order valence-corrected chi connectivity index (χ2v) is 11.0. The number of likely N-dealkylation sites (N-methyl/N-ethyl adjacent to an activating group) is 1. The van der Waals surface area contributed by atoms with Crippen molar-refractivity contribution in [3.8, 4) is 17.4 Å². The Morgan fingerprint density at radius 1 is 1.17 bits per heavy atom. The predicted molar refractivity (Wildman–Crippen MR) is 152 cm³/mol. The van der Waals surface area contributed by atoms with Gasteiger partial charge in [0.25, 0.3) is 5.91 Å². The van der Waals surface area contributed by atoms with Gasteiger partial charge in [-0.25, -0.2) is 4.98 Å². The Morgan fingerprint density at radius 2 is 2.02 bits per heavy atom. The molecule has 1 aromatic heterocycles. The highest BCUT2D eigenvalue weighted by Crippen LogP contribution is 2.49. The number of hydrogen-bond acceptors (Lipinski definition) is 7. The monoisotopic (exact) mass is 554 g/mol. The van der Waals surface area contributed by atoms with Crippen LogP contribution in [-0.4, -0.2) is 65.7 Å². The van der Waals surface area contributed by atoms with Gasteiger partial charge in [0.1, 0.15) is 23.8 Å². The molecule has 6 rings (SSSR count). The van der Waals surface area contributed by atoms with E-state index in [0.717, 1.165) is 55.8 Å². The van der Waals surface area contributed by atoms with Gasteiger partial charge in [0.15, 0.2) is 0 Å². The van der Waals surface area contributed by atoms with E-state index in [0.29, 0.717) is 31.0 Å². The number of nitrogens with zero attached hydrogens (tertiary/aromatic N) is 3. The van der Waals surface area contributed by atoms with Crippen LogP contribution in [0.5, 0.6) is 17.4 Å². The zero-order valence-electron chi connectivity index (χ0n) is 23.2. The van der Waals surface area contributed by atoms with Gasteiger partial charge in [0.05, 0.1) is 13.2 Å². The first kappa shape index (κ1) is 27.0. The Hall–Kier alpha value is -4.24. The maximum absolute atomic E-state index is 13.3. The Bertz CT molecular complexity index is 1450. The number of nitrogens with one attached hydrogen (secondary N) is 1. The second kappa shape index (κ2) is 11.3. The summed E-state index contributed by atoms with van der Waals surface area (Å²) >= 11 is 0. The summed E-state index contributed by atoms with van der Waals surface area (Å²) < 4.78 is 12.2. The summed E-state index contributed by atoms with van der Waals surface area (Å²) in [7, 11) is 1.55. The quantitative estimate of drug-likeness (QED) is 0.401. The van der Waals surface area contributed by atoms with Crippen molar-refractivity contribution < 1.29 is 23.9 Å². The second-order valence-electron chi connectivity index (χ2n) is 11.0. The topological polar surface area (TPSA) is 101 Å². The van der Waals surface area contributed by atoms with E-state index in [4.69, 9.17) is 9.47 Å². The molecular weight excluding hydrogens is 520 g/mol. The molecule has 3 aromatic rings. The summed E-state index contributed by atoms with van der Waals surface area (Å²) in [6.45, 7) is 3.60. The summed E-state index contributed by atoms with van der Waals surface area (Å²) in [5.74, 6) is 1.71. The zero-order chi connectivity index (χ0) is 28.4. The van der Waals surface area contributed by atoms with Crippen LogP contribution in [0.1, 0.15) is 52.7 Å². The molecule has 3 aliphatic heterocycles. The van der Waals surface area contributed by atoms with Crippen LogP contribution in [0.4, 0.5) is 0 Å². The molecular formula is C32H34N4O5. The summed E-state index contributed by atoms with van der Waals surface area (Å²) in [5, 5.41) is 2.64. The van der Waals surface area contributed by atoms with Crippen LogP contribution >= 0.6 is 0 Å². The van der Waals surface area contributed by atoms with Crippen molar-refractivity contribution in [2.45, 2.75) is 50.2 Å². The number of pyridine rings is 1. The lowest BCUT2D eigenvalue weighted by atomic mass is 9.74. The molecule has 1 unspecified atom stereocenters. The number of carbonyl (C=O) groups excluding carboxylic acids is 3. The number of aldehydes is 1. The van der Waals surface area contributed by atoms with Gasteiger partial charge < -0.3 is 24.5 Å².